The van der Waals surface area contributed by atoms with Gasteiger partial charge >= 0.3 is 0 Å². The number of rotatable bonds is 10. The van der Waals surface area contributed by atoms with Crippen molar-refractivity contribution in [3.05, 3.63) is 35.9 Å². The normalized spacial score (nSPS) is 13.7. The predicted octanol–water partition coefficient (Wildman–Crippen LogP) is 3.44. The van der Waals surface area contributed by atoms with Crippen LogP contribution in [0, 0.1) is 0 Å². The lowest BCUT2D eigenvalue weighted by Gasteiger charge is -2.22. The molecule has 1 aromatic carbocycles. The quantitative estimate of drug-likeness (QED) is 0.317. The van der Waals surface area contributed by atoms with Crippen molar-refractivity contribution in [2.45, 2.75) is 45.8 Å². The number of aliphatic imine (C=N–C) groups is 1. The summed E-state index contributed by atoms with van der Waals surface area (Å²) in [6, 6.07) is 10.0. The zero-order valence-corrected chi connectivity index (χ0v) is 18.3. The number of benzene rings is 1. The van der Waals surface area contributed by atoms with Crippen LogP contribution in [0.1, 0.15) is 45.3 Å². The minimum atomic E-state index is -0.607. The Morgan fingerprint density at radius 2 is 1.96 bits per heavy atom. The molecular weight excluding hydrogens is 429 g/mol. The van der Waals surface area contributed by atoms with Crippen LogP contribution in [-0.4, -0.2) is 55.4 Å². The molecule has 2 unspecified atom stereocenters. The van der Waals surface area contributed by atoms with Gasteiger partial charge in [-0.05, 0) is 25.8 Å². The SMILES string of the molecule is CCCCN(C)C(=NCC(O)COC(C)c1ccccc1)NCC.I. The highest BCUT2D eigenvalue weighted by molar-refractivity contribution is 14.0. The van der Waals surface area contributed by atoms with Crippen LogP contribution in [0.25, 0.3) is 0 Å². The molecule has 25 heavy (non-hydrogen) atoms. The Morgan fingerprint density at radius 3 is 2.56 bits per heavy atom. The lowest BCUT2D eigenvalue weighted by atomic mass is 10.1. The molecule has 0 amide bonds. The summed E-state index contributed by atoms with van der Waals surface area (Å²) < 4.78 is 5.75. The number of halogens is 1. The Balaban J connectivity index is 0.00000576. The fraction of sp³-hybridized carbons (Fsp3) is 0.632. The number of nitrogens with zero attached hydrogens (tertiary/aromatic N) is 2. The fourth-order valence-corrected chi connectivity index (χ4v) is 2.29. The van der Waals surface area contributed by atoms with Gasteiger partial charge in [0, 0.05) is 20.1 Å². The van der Waals surface area contributed by atoms with Crippen LogP contribution in [0.2, 0.25) is 0 Å². The summed E-state index contributed by atoms with van der Waals surface area (Å²) in [6.45, 7) is 8.59. The summed E-state index contributed by atoms with van der Waals surface area (Å²) in [5.74, 6) is 0.834. The summed E-state index contributed by atoms with van der Waals surface area (Å²) in [7, 11) is 2.03. The molecule has 2 N–H and O–H groups in total. The third kappa shape index (κ3) is 10.0. The molecule has 6 heteroatoms. The van der Waals surface area contributed by atoms with Gasteiger partial charge < -0.3 is 20.1 Å². The molecule has 144 valence electrons. The number of hydrogen-bond acceptors (Lipinski definition) is 3. The third-order valence-corrected chi connectivity index (χ3v) is 3.80. The Morgan fingerprint density at radius 1 is 1.28 bits per heavy atom. The molecule has 0 spiro atoms. The van der Waals surface area contributed by atoms with Crippen LogP contribution in [-0.2, 0) is 4.74 Å². The van der Waals surface area contributed by atoms with E-state index in [1.165, 1.54) is 0 Å². The number of hydrogen-bond donors (Lipinski definition) is 2. The molecule has 1 rings (SSSR count). The van der Waals surface area contributed by atoms with E-state index >= 15 is 0 Å². The maximum atomic E-state index is 10.1. The number of aliphatic hydroxyl groups excluding tert-OH is 1. The Bertz CT molecular complexity index is 471. The Labute approximate surface area is 169 Å². The molecular formula is C19H34IN3O2. The van der Waals surface area contributed by atoms with E-state index < -0.39 is 6.10 Å². The number of unbranched alkanes of at least 4 members (excludes halogenated alkanes) is 1. The standard InChI is InChI=1S/C19H33N3O2.HI/c1-5-7-13-22(4)19(20-6-2)21-14-18(23)15-24-16(3)17-11-9-8-10-12-17;/h8-12,16,18,23H,5-7,13-15H2,1-4H3,(H,20,21);1H. The van der Waals surface area contributed by atoms with Gasteiger partial charge in [0.05, 0.1) is 25.4 Å². The maximum Gasteiger partial charge on any atom is 0.193 e. The first-order valence-electron chi connectivity index (χ1n) is 8.92. The van der Waals surface area contributed by atoms with Crippen molar-refractivity contribution in [1.29, 1.82) is 0 Å². The Hall–Kier alpha value is -0.860. The first-order chi connectivity index (χ1) is 11.6. The van der Waals surface area contributed by atoms with Gasteiger partial charge in [-0.15, -0.1) is 24.0 Å². The van der Waals surface area contributed by atoms with Crippen LogP contribution in [0.4, 0.5) is 0 Å². The second-order valence-electron chi connectivity index (χ2n) is 6.01. The first-order valence-corrected chi connectivity index (χ1v) is 8.92. The molecule has 0 saturated carbocycles. The maximum absolute atomic E-state index is 10.1. The molecule has 0 aliphatic rings. The van der Waals surface area contributed by atoms with Gasteiger partial charge in [0.25, 0.3) is 0 Å². The molecule has 2 atom stereocenters. The van der Waals surface area contributed by atoms with E-state index in [1.54, 1.807) is 0 Å². The lowest BCUT2D eigenvalue weighted by Crippen LogP contribution is -2.40. The van der Waals surface area contributed by atoms with Crippen LogP contribution >= 0.6 is 24.0 Å². The monoisotopic (exact) mass is 463 g/mol. The van der Waals surface area contributed by atoms with Crippen LogP contribution in [0.3, 0.4) is 0 Å². The minimum absolute atomic E-state index is 0. The van der Waals surface area contributed by atoms with Gasteiger partial charge in [0.1, 0.15) is 0 Å². The third-order valence-electron chi connectivity index (χ3n) is 3.80. The Kier molecular flexibility index (Phi) is 13.8. The first kappa shape index (κ1) is 24.1. The summed E-state index contributed by atoms with van der Waals surface area (Å²) in [6.07, 6.45) is 1.63. The van der Waals surface area contributed by atoms with E-state index in [1.807, 2.05) is 51.2 Å². The van der Waals surface area contributed by atoms with Crippen LogP contribution in [0.15, 0.2) is 35.3 Å². The average Bonchev–Trinajstić information content (AvgIpc) is 2.61. The van der Waals surface area contributed by atoms with E-state index in [-0.39, 0.29) is 36.7 Å². The number of aliphatic hydroxyl groups is 1. The van der Waals surface area contributed by atoms with E-state index in [9.17, 15) is 5.11 Å². The van der Waals surface area contributed by atoms with Gasteiger partial charge in [-0.2, -0.15) is 0 Å². The fourth-order valence-electron chi connectivity index (χ4n) is 2.29. The molecule has 1 aromatic rings. The molecule has 5 nitrogen and oxygen atoms in total. The minimum Gasteiger partial charge on any atom is -0.389 e. The smallest absolute Gasteiger partial charge is 0.193 e. The van der Waals surface area contributed by atoms with Crippen molar-refractivity contribution >= 4 is 29.9 Å². The van der Waals surface area contributed by atoms with Crippen molar-refractivity contribution in [2.24, 2.45) is 4.99 Å². The van der Waals surface area contributed by atoms with Crippen molar-refractivity contribution < 1.29 is 9.84 Å². The summed E-state index contributed by atoms with van der Waals surface area (Å²) in [5, 5.41) is 13.4. The highest BCUT2D eigenvalue weighted by atomic mass is 127. The summed E-state index contributed by atoms with van der Waals surface area (Å²) in [4.78, 5) is 6.62. The van der Waals surface area contributed by atoms with Crippen molar-refractivity contribution in [2.75, 3.05) is 33.3 Å². The lowest BCUT2D eigenvalue weighted by molar-refractivity contribution is 0.00106. The van der Waals surface area contributed by atoms with Gasteiger partial charge in [-0.3, -0.25) is 4.99 Å². The number of nitrogens with one attached hydrogen (secondary N) is 1. The van der Waals surface area contributed by atoms with Gasteiger partial charge in [-0.25, -0.2) is 0 Å². The van der Waals surface area contributed by atoms with E-state index in [0.717, 1.165) is 37.5 Å². The molecule has 0 saturated heterocycles. The van der Waals surface area contributed by atoms with E-state index in [4.69, 9.17) is 4.74 Å². The molecule has 0 radical (unpaired) electrons. The van der Waals surface area contributed by atoms with E-state index in [0.29, 0.717) is 6.54 Å². The van der Waals surface area contributed by atoms with Crippen molar-refractivity contribution in [3.63, 3.8) is 0 Å². The van der Waals surface area contributed by atoms with Crippen molar-refractivity contribution in [1.82, 2.24) is 10.2 Å². The topological polar surface area (TPSA) is 57.1 Å². The largest absolute Gasteiger partial charge is 0.389 e. The second kappa shape index (κ2) is 14.3. The van der Waals surface area contributed by atoms with Crippen LogP contribution < -0.4 is 5.32 Å². The molecule has 0 aliphatic carbocycles. The zero-order chi connectivity index (χ0) is 17.8. The second-order valence-corrected chi connectivity index (χ2v) is 6.01. The molecule has 0 heterocycles. The number of ether oxygens (including phenoxy) is 1. The molecule has 0 bridgehead atoms. The van der Waals surface area contributed by atoms with Gasteiger partial charge in [0.15, 0.2) is 5.96 Å². The molecule has 0 aromatic heterocycles. The highest BCUT2D eigenvalue weighted by Crippen LogP contribution is 2.15. The zero-order valence-electron chi connectivity index (χ0n) is 15.9. The average molecular weight is 463 g/mol. The summed E-state index contributed by atoms with van der Waals surface area (Å²) >= 11 is 0. The number of guanidine groups is 1. The van der Waals surface area contributed by atoms with E-state index in [2.05, 4.69) is 22.1 Å². The van der Waals surface area contributed by atoms with Crippen molar-refractivity contribution in [3.8, 4) is 0 Å². The van der Waals surface area contributed by atoms with Gasteiger partial charge in [0.2, 0.25) is 0 Å². The van der Waals surface area contributed by atoms with Gasteiger partial charge in [-0.1, -0.05) is 43.7 Å². The summed E-state index contributed by atoms with van der Waals surface area (Å²) in [5.41, 5.74) is 1.11. The highest BCUT2D eigenvalue weighted by Gasteiger charge is 2.11. The predicted molar refractivity (Wildman–Crippen MR) is 116 cm³/mol. The molecule has 0 fully saturated rings. The van der Waals surface area contributed by atoms with Crippen LogP contribution in [0.5, 0.6) is 0 Å². The molecule has 0 aliphatic heterocycles.